The van der Waals surface area contributed by atoms with Crippen molar-refractivity contribution >= 4 is 23.4 Å². The summed E-state index contributed by atoms with van der Waals surface area (Å²) in [6, 6.07) is 8.06. The van der Waals surface area contributed by atoms with Crippen LogP contribution in [0.1, 0.15) is 5.56 Å². The van der Waals surface area contributed by atoms with Crippen LogP contribution >= 0.6 is 23.4 Å². The highest BCUT2D eigenvalue weighted by atomic mass is 35.5. The first-order chi connectivity index (χ1) is 9.70. The van der Waals surface area contributed by atoms with Gasteiger partial charge in [0.15, 0.2) is 5.16 Å². The Hall–Kier alpha value is -1.99. The summed E-state index contributed by atoms with van der Waals surface area (Å²) in [5, 5.41) is 4.62. The minimum Gasteiger partial charge on any atom is -0.223 e. The third kappa shape index (κ3) is 2.94. The van der Waals surface area contributed by atoms with Gasteiger partial charge < -0.3 is 0 Å². The zero-order chi connectivity index (χ0) is 13.9. The van der Waals surface area contributed by atoms with Crippen molar-refractivity contribution in [2.24, 2.45) is 0 Å². The van der Waals surface area contributed by atoms with E-state index in [9.17, 15) is 0 Å². The molecule has 0 spiro atoms. The number of halogens is 1. The van der Waals surface area contributed by atoms with E-state index in [1.54, 1.807) is 0 Å². The lowest BCUT2D eigenvalue weighted by Crippen LogP contribution is -2.04. The maximum atomic E-state index is 5.93. The summed E-state index contributed by atoms with van der Waals surface area (Å²) in [5.41, 5.74) is 1.17. The van der Waals surface area contributed by atoms with Crippen LogP contribution in [0.3, 0.4) is 0 Å². The van der Waals surface area contributed by atoms with Crippen LogP contribution in [0.15, 0.2) is 47.0 Å². The summed E-state index contributed by atoms with van der Waals surface area (Å²) >= 11 is 7.35. The van der Waals surface area contributed by atoms with Crippen LogP contribution in [0.25, 0.3) is 5.95 Å². The molecule has 8 heteroatoms. The normalized spacial score (nSPS) is 10.7. The van der Waals surface area contributed by atoms with Gasteiger partial charge in [-0.2, -0.15) is 24.7 Å². The maximum Gasteiger partial charge on any atom is 0.257 e. The zero-order valence-corrected chi connectivity index (χ0v) is 12.0. The zero-order valence-electron chi connectivity index (χ0n) is 10.4. The Morgan fingerprint density at radius 1 is 1.20 bits per heavy atom. The molecular formula is C12H9ClN6S. The Morgan fingerprint density at radius 2 is 2.10 bits per heavy atom. The van der Waals surface area contributed by atoms with Crippen LogP contribution in [0.2, 0.25) is 5.28 Å². The van der Waals surface area contributed by atoms with Gasteiger partial charge >= 0.3 is 0 Å². The molecule has 0 unspecified atom stereocenters. The Morgan fingerprint density at radius 3 is 2.85 bits per heavy atom. The molecule has 2 aromatic heterocycles. The smallest absolute Gasteiger partial charge is 0.223 e. The Bertz CT molecular complexity index is 731. The van der Waals surface area contributed by atoms with Gasteiger partial charge in [0, 0.05) is 4.90 Å². The molecule has 2 heterocycles. The Balaban J connectivity index is 1.94. The molecule has 3 rings (SSSR count). The van der Waals surface area contributed by atoms with E-state index in [4.69, 9.17) is 11.6 Å². The molecule has 1 aromatic carbocycles. The summed E-state index contributed by atoms with van der Waals surface area (Å²) < 4.78 is 1.44. The lowest BCUT2D eigenvalue weighted by atomic mass is 10.2. The predicted molar refractivity (Wildman–Crippen MR) is 75.1 cm³/mol. The first kappa shape index (κ1) is 13.0. The van der Waals surface area contributed by atoms with Gasteiger partial charge in [-0.25, -0.2) is 4.98 Å². The van der Waals surface area contributed by atoms with Crippen molar-refractivity contribution in [3.63, 3.8) is 0 Å². The molecule has 0 saturated heterocycles. The molecule has 0 N–H and O–H groups in total. The summed E-state index contributed by atoms with van der Waals surface area (Å²) in [6.45, 7) is 2.03. The predicted octanol–water partition coefficient (Wildman–Crippen LogP) is 2.57. The average Bonchev–Trinajstić information content (AvgIpc) is 2.91. The van der Waals surface area contributed by atoms with Crippen LogP contribution in [0.5, 0.6) is 0 Å². The quantitative estimate of drug-likeness (QED) is 0.740. The number of rotatable bonds is 3. The molecule has 0 radical (unpaired) electrons. The summed E-state index contributed by atoms with van der Waals surface area (Å²) in [5.74, 6) is 0.345. The molecule has 0 aliphatic heterocycles. The fourth-order valence-corrected chi connectivity index (χ4v) is 2.63. The molecule has 0 saturated carbocycles. The second-order valence-electron chi connectivity index (χ2n) is 3.95. The number of aromatic nitrogens is 6. The van der Waals surface area contributed by atoms with E-state index in [1.807, 2.05) is 25.1 Å². The third-order valence-electron chi connectivity index (χ3n) is 2.40. The molecule has 20 heavy (non-hydrogen) atoms. The first-order valence-corrected chi connectivity index (χ1v) is 6.91. The van der Waals surface area contributed by atoms with Gasteiger partial charge in [-0.1, -0.05) is 17.7 Å². The number of hydrogen-bond donors (Lipinski definition) is 0. The van der Waals surface area contributed by atoms with E-state index in [0.717, 1.165) is 4.90 Å². The van der Waals surface area contributed by atoms with Crippen molar-refractivity contribution in [2.45, 2.75) is 17.0 Å². The molecule has 0 aliphatic carbocycles. The van der Waals surface area contributed by atoms with Crippen LogP contribution in [-0.4, -0.2) is 29.7 Å². The topological polar surface area (TPSA) is 69.4 Å². The summed E-state index contributed by atoms with van der Waals surface area (Å²) in [4.78, 5) is 17.4. The SMILES string of the molecule is Cc1cccc(Sc2nc(Cl)nc(-n3cncn3)n2)c1. The molecule has 0 fully saturated rings. The minimum absolute atomic E-state index is 0.126. The van der Waals surface area contributed by atoms with Crippen LogP contribution in [0.4, 0.5) is 0 Å². The Labute approximate surface area is 124 Å². The monoisotopic (exact) mass is 304 g/mol. The maximum absolute atomic E-state index is 5.93. The lowest BCUT2D eigenvalue weighted by molar-refractivity contribution is 0.757. The molecule has 0 aliphatic rings. The number of aryl methyl sites for hydroxylation is 1. The van der Waals surface area contributed by atoms with E-state index in [1.165, 1.54) is 34.7 Å². The molecule has 6 nitrogen and oxygen atoms in total. The van der Waals surface area contributed by atoms with E-state index >= 15 is 0 Å². The highest BCUT2D eigenvalue weighted by Gasteiger charge is 2.09. The van der Waals surface area contributed by atoms with E-state index in [-0.39, 0.29) is 5.28 Å². The largest absolute Gasteiger partial charge is 0.257 e. The number of nitrogens with zero attached hydrogens (tertiary/aromatic N) is 6. The van der Waals surface area contributed by atoms with Gasteiger partial charge in [0.1, 0.15) is 12.7 Å². The van der Waals surface area contributed by atoms with Gasteiger partial charge in [-0.3, -0.25) is 0 Å². The van der Waals surface area contributed by atoms with Gasteiger partial charge in [0.2, 0.25) is 5.28 Å². The number of hydrogen-bond acceptors (Lipinski definition) is 6. The standard InChI is InChI=1S/C12H9ClN6S/c1-8-3-2-4-9(5-8)20-12-17-10(13)16-11(18-12)19-7-14-6-15-19/h2-7H,1H3. The molecular weight excluding hydrogens is 296 g/mol. The molecule has 0 amide bonds. The van der Waals surface area contributed by atoms with Crippen molar-refractivity contribution in [1.29, 1.82) is 0 Å². The number of benzene rings is 1. The summed E-state index contributed by atoms with van der Waals surface area (Å²) in [7, 11) is 0. The van der Waals surface area contributed by atoms with Crippen LogP contribution in [0, 0.1) is 6.92 Å². The summed E-state index contributed by atoms with van der Waals surface area (Å²) in [6.07, 6.45) is 2.91. The molecule has 3 aromatic rings. The van der Waals surface area contributed by atoms with Crippen molar-refractivity contribution in [1.82, 2.24) is 29.7 Å². The minimum atomic E-state index is 0.126. The molecule has 0 bridgehead atoms. The molecule has 0 atom stereocenters. The second kappa shape index (κ2) is 5.56. The fourth-order valence-electron chi connectivity index (χ4n) is 1.57. The third-order valence-corrected chi connectivity index (χ3v) is 3.42. The van der Waals surface area contributed by atoms with E-state index < -0.39 is 0 Å². The van der Waals surface area contributed by atoms with Gasteiger partial charge in [0.25, 0.3) is 5.95 Å². The van der Waals surface area contributed by atoms with Crippen LogP contribution < -0.4 is 0 Å². The highest BCUT2D eigenvalue weighted by Crippen LogP contribution is 2.26. The second-order valence-corrected chi connectivity index (χ2v) is 5.32. The van der Waals surface area contributed by atoms with Crippen molar-refractivity contribution < 1.29 is 0 Å². The Kier molecular flexibility index (Phi) is 3.62. The molecule has 100 valence electrons. The average molecular weight is 305 g/mol. The van der Waals surface area contributed by atoms with Crippen molar-refractivity contribution in [3.05, 3.63) is 47.8 Å². The highest BCUT2D eigenvalue weighted by molar-refractivity contribution is 7.99. The fraction of sp³-hybridized carbons (Fsp3) is 0.0833. The lowest BCUT2D eigenvalue weighted by Gasteiger charge is -2.04. The van der Waals surface area contributed by atoms with Crippen LogP contribution in [-0.2, 0) is 0 Å². The van der Waals surface area contributed by atoms with E-state index in [2.05, 4.69) is 31.1 Å². The van der Waals surface area contributed by atoms with Crippen molar-refractivity contribution in [3.8, 4) is 5.95 Å². The van der Waals surface area contributed by atoms with Crippen molar-refractivity contribution in [2.75, 3.05) is 0 Å². The first-order valence-electron chi connectivity index (χ1n) is 5.72. The van der Waals surface area contributed by atoms with Gasteiger partial charge in [0.05, 0.1) is 0 Å². The van der Waals surface area contributed by atoms with E-state index in [0.29, 0.717) is 11.1 Å². The van der Waals surface area contributed by atoms with Gasteiger partial charge in [-0.05, 0) is 42.4 Å². The van der Waals surface area contributed by atoms with Gasteiger partial charge in [-0.15, -0.1) is 0 Å².